The number of thioether (sulfide) groups is 1. The number of nitrogens with zero attached hydrogens (tertiary/aromatic N) is 6. The second kappa shape index (κ2) is 9.61. The topological polar surface area (TPSA) is 128 Å². The molecule has 0 aliphatic carbocycles. The van der Waals surface area contributed by atoms with Gasteiger partial charge in [0.15, 0.2) is 5.82 Å². The molecule has 172 valence electrons. The molecule has 1 aliphatic rings. The van der Waals surface area contributed by atoms with Gasteiger partial charge in [0.2, 0.25) is 11.8 Å². The summed E-state index contributed by atoms with van der Waals surface area (Å²) in [5.41, 5.74) is 2.45. The fraction of sp³-hybridized carbons (Fsp3) is 0.227. The number of hydrogen-bond donors (Lipinski definition) is 2. The van der Waals surface area contributed by atoms with Crippen molar-refractivity contribution in [2.24, 2.45) is 0 Å². The Morgan fingerprint density at radius 3 is 2.79 bits per heavy atom. The van der Waals surface area contributed by atoms with Crippen LogP contribution in [-0.2, 0) is 17.8 Å². The van der Waals surface area contributed by atoms with Crippen molar-refractivity contribution in [1.82, 2.24) is 35.2 Å². The summed E-state index contributed by atoms with van der Waals surface area (Å²) in [4.78, 5) is 37.7. The normalized spacial score (nSPS) is 12.9. The van der Waals surface area contributed by atoms with Gasteiger partial charge in [-0.1, -0.05) is 11.8 Å². The molecule has 34 heavy (non-hydrogen) atoms. The molecule has 4 aromatic rings. The van der Waals surface area contributed by atoms with E-state index in [-0.39, 0.29) is 11.5 Å². The van der Waals surface area contributed by atoms with Crippen LogP contribution >= 0.6 is 11.8 Å². The molecule has 0 radical (unpaired) electrons. The molecule has 1 aliphatic heterocycles. The van der Waals surface area contributed by atoms with Gasteiger partial charge in [-0.3, -0.25) is 4.79 Å². The second-order valence-corrected chi connectivity index (χ2v) is 8.33. The monoisotopic (exact) mass is 478 g/mol. The number of carbonyl (C=O) groups excluding carboxylic acids is 1. The van der Waals surface area contributed by atoms with Crippen molar-refractivity contribution in [3.8, 4) is 17.0 Å². The molecule has 0 bridgehead atoms. The number of ether oxygens (including phenoxy) is 1. The van der Waals surface area contributed by atoms with Crippen LogP contribution in [0.1, 0.15) is 11.5 Å². The third-order valence-corrected chi connectivity index (χ3v) is 6.04. The van der Waals surface area contributed by atoms with E-state index in [1.807, 2.05) is 0 Å². The van der Waals surface area contributed by atoms with Crippen molar-refractivity contribution in [1.29, 1.82) is 0 Å². The van der Waals surface area contributed by atoms with Crippen molar-refractivity contribution in [2.75, 3.05) is 24.7 Å². The number of nitrogens with one attached hydrogen (secondary N) is 2. The first kappa shape index (κ1) is 22.0. The molecular weight excluding hydrogens is 459 g/mol. The van der Waals surface area contributed by atoms with E-state index >= 15 is 0 Å². The van der Waals surface area contributed by atoms with Gasteiger partial charge in [-0.15, -0.1) is 0 Å². The van der Waals surface area contributed by atoms with Crippen molar-refractivity contribution in [2.45, 2.75) is 18.0 Å². The summed E-state index contributed by atoms with van der Waals surface area (Å²) in [5.74, 6) is 1.25. The van der Waals surface area contributed by atoms with E-state index in [0.29, 0.717) is 59.4 Å². The smallest absolute Gasteiger partial charge is 0.236 e. The van der Waals surface area contributed by atoms with Gasteiger partial charge in [0, 0.05) is 43.0 Å². The minimum absolute atomic E-state index is 0.0768. The summed E-state index contributed by atoms with van der Waals surface area (Å²) in [6, 6.07) is 2.92. The molecule has 0 saturated heterocycles. The molecule has 1 aromatic carbocycles. The molecule has 10 nitrogen and oxygen atoms in total. The van der Waals surface area contributed by atoms with Gasteiger partial charge in [-0.05, 0) is 12.1 Å². The molecule has 0 saturated carbocycles. The molecule has 0 atom stereocenters. The number of methoxy groups -OCH3 is 1. The predicted octanol–water partition coefficient (Wildman–Crippen LogP) is 2.40. The number of hydrogen-bond acceptors (Lipinski definition) is 10. The van der Waals surface area contributed by atoms with Crippen LogP contribution in [0.15, 0.2) is 41.9 Å². The molecule has 4 heterocycles. The zero-order valence-corrected chi connectivity index (χ0v) is 18.9. The largest absolute Gasteiger partial charge is 0.480 e. The van der Waals surface area contributed by atoms with Crippen molar-refractivity contribution in [3.63, 3.8) is 0 Å². The van der Waals surface area contributed by atoms with E-state index in [9.17, 15) is 9.18 Å². The lowest BCUT2D eigenvalue weighted by atomic mass is 10.1. The first-order chi connectivity index (χ1) is 16.6. The number of amides is 1. The highest BCUT2D eigenvalue weighted by Crippen LogP contribution is 2.30. The fourth-order valence-electron chi connectivity index (χ4n) is 3.43. The lowest BCUT2D eigenvalue weighted by Gasteiger charge is -2.14. The average Bonchev–Trinajstić information content (AvgIpc) is 2.86. The van der Waals surface area contributed by atoms with Gasteiger partial charge in [0.25, 0.3) is 0 Å². The number of fused-ring (bicyclic) bond motifs is 2. The van der Waals surface area contributed by atoms with Gasteiger partial charge in [0.05, 0.1) is 36.5 Å². The molecule has 12 heteroatoms. The SMILES string of the molecule is COc1cnc2ccc(F)c(-c3cnc(CCNCc4cnc5c(n4)NC(=O)CS5)nc3)c2n1. The maximum Gasteiger partial charge on any atom is 0.236 e. The van der Waals surface area contributed by atoms with Gasteiger partial charge in [-0.2, -0.15) is 0 Å². The maximum atomic E-state index is 14.7. The van der Waals surface area contributed by atoms with E-state index < -0.39 is 5.82 Å². The van der Waals surface area contributed by atoms with E-state index in [1.165, 1.54) is 31.1 Å². The van der Waals surface area contributed by atoms with E-state index in [2.05, 4.69) is 40.5 Å². The van der Waals surface area contributed by atoms with E-state index in [0.717, 1.165) is 10.7 Å². The molecule has 0 fully saturated rings. The highest BCUT2D eigenvalue weighted by Gasteiger charge is 2.18. The number of anilines is 1. The molecule has 2 N–H and O–H groups in total. The Bertz CT molecular complexity index is 1370. The lowest BCUT2D eigenvalue weighted by Crippen LogP contribution is -2.23. The number of benzene rings is 1. The number of rotatable bonds is 7. The summed E-state index contributed by atoms with van der Waals surface area (Å²) in [5, 5.41) is 6.73. The zero-order chi connectivity index (χ0) is 23.5. The van der Waals surface area contributed by atoms with Gasteiger partial charge >= 0.3 is 0 Å². The third kappa shape index (κ3) is 4.63. The molecule has 1 amide bonds. The highest BCUT2D eigenvalue weighted by atomic mass is 32.2. The van der Waals surface area contributed by atoms with Gasteiger partial charge < -0.3 is 15.4 Å². The lowest BCUT2D eigenvalue weighted by molar-refractivity contribution is -0.113. The van der Waals surface area contributed by atoms with Crippen LogP contribution in [0.25, 0.3) is 22.2 Å². The Morgan fingerprint density at radius 1 is 1.12 bits per heavy atom. The summed E-state index contributed by atoms with van der Waals surface area (Å²) >= 11 is 1.37. The Labute approximate surface area is 197 Å². The second-order valence-electron chi connectivity index (χ2n) is 7.37. The Kier molecular flexibility index (Phi) is 6.23. The maximum absolute atomic E-state index is 14.7. The summed E-state index contributed by atoms with van der Waals surface area (Å²) < 4.78 is 19.8. The first-order valence-electron chi connectivity index (χ1n) is 10.4. The molecule has 5 rings (SSSR count). The zero-order valence-electron chi connectivity index (χ0n) is 18.1. The highest BCUT2D eigenvalue weighted by molar-refractivity contribution is 8.00. The summed E-state index contributed by atoms with van der Waals surface area (Å²) in [6.45, 7) is 1.09. The minimum Gasteiger partial charge on any atom is -0.480 e. The predicted molar refractivity (Wildman–Crippen MR) is 124 cm³/mol. The fourth-order valence-corrected chi connectivity index (χ4v) is 4.13. The summed E-state index contributed by atoms with van der Waals surface area (Å²) in [7, 11) is 1.48. The van der Waals surface area contributed by atoms with E-state index in [1.54, 1.807) is 24.7 Å². The van der Waals surface area contributed by atoms with Crippen molar-refractivity contribution in [3.05, 3.63) is 54.3 Å². The van der Waals surface area contributed by atoms with E-state index in [4.69, 9.17) is 4.74 Å². The quantitative estimate of drug-likeness (QED) is 0.382. The van der Waals surface area contributed by atoms with Crippen LogP contribution in [0, 0.1) is 5.82 Å². The van der Waals surface area contributed by atoms with Crippen LogP contribution in [-0.4, -0.2) is 55.2 Å². The van der Waals surface area contributed by atoms with Crippen LogP contribution in [0.4, 0.5) is 10.2 Å². The molecule has 0 unspecified atom stereocenters. The average molecular weight is 479 g/mol. The van der Waals surface area contributed by atoms with Crippen molar-refractivity contribution >= 4 is 34.5 Å². The van der Waals surface area contributed by atoms with Gasteiger partial charge in [0.1, 0.15) is 22.2 Å². The standard InChI is InChI=1S/C22H19FN8O2S/c1-33-18-10-25-15-3-2-14(23)19(20(15)31-18)12-6-26-16(27-7-12)4-5-24-8-13-9-28-22-21(29-13)30-17(32)11-34-22/h2-3,6-7,9-10,24H,4-5,8,11H2,1H3,(H,29,30,32). The Balaban J connectivity index is 1.23. The third-order valence-electron chi connectivity index (χ3n) is 5.06. The molecule has 0 spiro atoms. The van der Waals surface area contributed by atoms with Crippen LogP contribution < -0.4 is 15.4 Å². The Hall–Kier alpha value is -3.77. The van der Waals surface area contributed by atoms with Crippen molar-refractivity contribution < 1.29 is 13.9 Å². The number of aromatic nitrogens is 6. The first-order valence-corrected chi connectivity index (χ1v) is 11.4. The molecular formula is C22H19FN8O2S. The van der Waals surface area contributed by atoms with Crippen LogP contribution in [0.3, 0.4) is 0 Å². The summed E-state index contributed by atoms with van der Waals surface area (Å²) in [6.07, 6.45) is 6.91. The van der Waals surface area contributed by atoms with Crippen LogP contribution in [0.2, 0.25) is 0 Å². The Morgan fingerprint density at radius 2 is 1.97 bits per heavy atom. The molecule has 3 aromatic heterocycles. The number of halogens is 1. The van der Waals surface area contributed by atoms with Crippen LogP contribution in [0.5, 0.6) is 5.88 Å². The number of carbonyl (C=O) groups is 1. The minimum atomic E-state index is -0.436. The van der Waals surface area contributed by atoms with Gasteiger partial charge in [-0.25, -0.2) is 34.3 Å².